The van der Waals surface area contributed by atoms with Gasteiger partial charge in [0.2, 0.25) is 5.91 Å². The highest BCUT2D eigenvalue weighted by atomic mass is 16.2. The zero-order valence-electron chi connectivity index (χ0n) is 9.42. The van der Waals surface area contributed by atoms with Crippen LogP contribution in [-0.2, 0) is 4.79 Å². The van der Waals surface area contributed by atoms with E-state index in [1.807, 2.05) is 14.0 Å². The maximum atomic E-state index is 11.7. The Morgan fingerprint density at radius 3 is 2.93 bits per heavy atom. The SMILES string of the molecule is CCN(C)C(=O)CC1CNCCN1C. The molecule has 1 heterocycles. The fourth-order valence-electron chi connectivity index (χ4n) is 1.62. The number of carbonyl (C=O) groups is 1. The van der Waals surface area contributed by atoms with Gasteiger partial charge in [-0.2, -0.15) is 0 Å². The van der Waals surface area contributed by atoms with E-state index < -0.39 is 0 Å². The smallest absolute Gasteiger partial charge is 0.223 e. The minimum atomic E-state index is 0.244. The Hall–Kier alpha value is -0.610. The molecule has 1 fully saturated rings. The zero-order chi connectivity index (χ0) is 10.6. The molecule has 0 bridgehead atoms. The lowest BCUT2D eigenvalue weighted by Gasteiger charge is -2.33. The Labute approximate surface area is 86.2 Å². The van der Waals surface area contributed by atoms with Gasteiger partial charge in [-0.05, 0) is 14.0 Å². The van der Waals surface area contributed by atoms with Gasteiger partial charge in [-0.15, -0.1) is 0 Å². The van der Waals surface area contributed by atoms with Crippen LogP contribution in [0.1, 0.15) is 13.3 Å². The topological polar surface area (TPSA) is 35.6 Å². The monoisotopic (exact) mass is 199 g/mol. The van der Waals surface area contributed by atoms with Gasteiger partial charge >= 0.3 is 0 Å². The van der Waals surface area contributed by atoms with Crippen LogP contribution in [0.25, 0.3) is 0 Å². The van der Waals surface area contributed by atoms with Crippen molar-refractivity contribution in [2.75, 3.05) is 40.3 Å². The van der Waals surface area contributed by atoms with Gasteiger partial charge in [0.15, 0.2) is 0 Å². The first kappa shape index (κ1) is 11.5. The van der Waals surface area contributed by atoms with Crippen LogP contribution in [0.4, 0.5) is 0 Å². The van der Waals surface area contributed by atoms with Gasteiger partial charge in [0.05, 0.1) is 0 Å². The molecule has 82 valence electrons. The number of nitrogens with zero attached hydrogens (tertiary/aromatic N) is 2. The first-order valence-electron chi connectivity index (χ1n) is 5.30. The van der Waals surface area contributed by atoms with Crippen molar-refractivity contribution >= 4 is 5.91 Å². The minimum absolute atomic E-state index is 0.244. The minimum Gasteiger partial charge on any atom is -0.346 e. The van der Waals surface area contributed by atoms with Gasteiger partial charge < -0.3 is 15.1 Å². The molecular formula is C10H21N3O. The molecule has 0 aliphatic carbocycles. The number of hydrogen-bond donors (Lipinski definition) is 1. The van der Waals surface area contributed by atoms with Gasteiger partial charge in [0.1, 0.15) is 0 Å². The van der Waals surface area contributed by atoms with Crippen LogP contribution in [0.5, 0.6) is 0 Å². The molecule has 1 rings (SSSR count). The molecule has 0 radical (unpaired) electrons. The van der Waals surface area contributed by atoms with Gasteiger partial charge in [0, 0.05) is 45.7 Å². The third-order valence-electron chi connectivity index (χ3n) is 2.95. The maximum absolute atomic E-state index is 11.7. The van der Waals surface area contributed by atoms with Crippen LogP contribution in [-0.4, -0.2) is 62.0 Å². The molecule has 14 heavy (non-hydrogen) atoms. The molecule has 0 aromatic heterocycles. The molecule has 1 amide bonds. The summed E-state index contributed by atoms with van der Waals surface area (Å²) in [6.45, 7) is 5.79. The van der Waals surface area contributed by atoms with Gasteiger partial charge in [0.25, 0.3) is 0 Å². The van der Waals surface area contributed by atoms with Crippen molar-refractivity contribution in [2.24, 2.45) is 0 Å². The molecule has 1 unspecified atom stereocenters. The van der Waals surface area contributed by atoms with Crippen LogP contribution in [0.15, 0.2) is 0 Å². The van der Waals surface area contributed by atoms with E-state index in [1.54, 1.807) is 4.90 Å². The highest BCUT2D eigenvalue weighted by molar-refractivity contribution is 5.76. The summed E-state index contributed by atoms with van der Waals surface area (Å²) in [5, 5.41) is 3.32. The Morgan fingerprint density at radius 2 is 2.36 bits per heavy atom. The maximum Gasteiger partial charge on any atom is 0.223 e. The summed E-state index contributed by atoms with van der Waals surface area (Å²) in [4.78, 5) is 15.7. The normalized spacial score (nSPS) is 23.5. The molecule has 0 saturated carbocycles. The predicted octanol–water partition coefficient (Wildman–Crippen LogP) is -0.242. The molecule has 4 nitrogen and oxygen atoms in total. The quantitative estimate of drug-likeness (QED) is 0.681. The Bertz CT molecular complexity index is 196. The van der Waals surface area contributed by atoms with Crippen LogP contribution in [0, 0.1) is 0 Å². The van der Waals surface area contributed by atoms with Crippen LogP contribution in [0.3, 0.4) is 0 Å². The number of hydrogen-bond acceptors (Lipinski definition) is 3. The summed E-state index contributed by atoms with van der Waals surface area (Å²) in [5.41, 5.74) is 0. The van der Waals surface area contributed by atoms with Crippen LogP contribution in [0.2, 0.25) is 0 Å². The average molecular weight is 199 g/mol. The molecule has 1 aliphatic rings. The summed E-state index contributed by atoms with van der Waals surface area (Å²) in [5.74, 6) is 0.244. The number of piperazine rings is 1. The third-order valence-corrected chi connectivity index (χ3v) is 2.95. The van der Waals surface area contributed by atoms with Crippen molar-refractivity contribution in [3.63, 3.8) is 0 Å². The van der Waals surface area contributed by atoms with E-state index >= 15 is 0 Å². The molecule has 1 atom stereocenters. The average Bonchev–Trinajstić information content (AvgIpc) is 2.20. The highest BCUT2D eigenvalue weighted by Gasteiger charge is 2.22. The molecule has 1 saturated heterocycles. The molecule has 1 N–H and O–H groups in total. The van der Waals surface area contributed by atoms with Crippen molar-refractivity contribution in [1.82, 2.24) is 15.1 Å². The summed E-state index contributed by atoms with van der Waals surface area (Å²) in [7, 11) is 3.95. The van der Waals surface area contributed by atoms with Crippen LogP contribution < -0.4 is 5.32 Å². The van der Waals surface area contributed by atoms with E-state index in [9.17, 15) is 4.79 Å². The Kier molecular flexibility index (Phi) is 4.35. The zero-order valence-corrected chi connectivity index (χ0v) is 9.42. The fraction of sp³-hybridized carbons (Fsp3) is 0.900. The van der Waals surface area contributed by atoms with Crippen molar-refractivity contribution < 1.29 is 4.79 Å². The Morgan fingerprint density at radius 1 is 1.64 bits per heavy atom. The highest BCUT2D eigenvalue weighted by Crippen LogP contribution is 2.06. The predicted molar refractivity (Wildman–Crippen MR) is 57.2 cm³/mol. The van der Waals surface area contributed by atoms with Gasteiger partial charge in [-0.3, -0.25) is 4.79 Å². The second-order valence-corrected chi connectivity index (χ2v) is 3.95. The Balaban J connectivity index is 2.38. The van der Waals surface area contributed by atoms with Gasteiger partial charge in [-0.1, -0.05) is 0 Å². The molecule has 4 heteroatoms. The number of rotatable bonds is 3. The lowest BCUT2D eigenvalue weighted by atomic mass is 10.1. The van der Waals surface area contributed by atoms with Crippen molar-refractivity contribution in [2.45, 2.75) is 19.4 Å². The number of carbonyl (C=O) groups excluding carboxylic acids is 1. The van der Waals surface area contributed by atoms with E-state index in [0.717, 1.165) is 26.2 Å². The molecule has 1 aliphatic heterocycles. The molecule has 0 aromatic rings. The number of amides is 1. The van der Waals surface area contributed by atoms with Crippen molar-refractivity contribution in [1.29, 1.82) is 0 Å². The summed E-state index contributed by atoms with van der Waals surface area (Å²) in [6, 6.07) is 0.366. The second-order valence-electron chi connectivity index (χ2n) is 3.95. The van der Waals surface area contributed by atoms with Gasteiger partial charge in [-0.25, -0.2) is 0 Å². The van der Waals surface area contributed by atoms with E-state index in [2.05, 4.69) is 17.3 Å². The van der Waals surface area contributed by atoms with E-state index in [4.69, 9.17) is 0 Å². The first-order chi connectivity index (χ1) is 6.65. The van der Waals surface area contributed by atoms with E-state index in [-0.39, 0.29) is 5.91 Å². The van der Waals surface area contributed by atoms with Crippen molar-refractivity contribution in [3.05, 3.63) is 0 Å². The molecule has 0 spiro atoms. The van der Waals surface area contributed by atoms with Crippen LogP contribution >= 0.6 is 0 Å². The number of likely N-dealkylation sites (N-methyl/N-ethyl adjacent to an activating group) is 1. The summed E-state index contributed by atoms with van der Waals surface area (Å²) < 4.78 is 0. The second kappa shape index (κ2) is 5.32. The van der Waals surface area contributed by atoms with Crippen molar-refractivity contribution in [3.8, 4) is 0 Å². The third kappa shape index (κ3) is 2.96. The lowest BCUT2D eigenvalue weighted by Crippen LogP contribution is -2.51. The first-order valence-corrected chi connectivity index (χ1v) is 5.30. The summed E-state index contributed by atoms with van der Waals surface area (Å²) >= 11 is 0. The lowest BCUT2D eigenvalue weighted by molar-refractivity contribution is -0.131. The fourth-order valence-corrected chi connectivity index (χ4v) is 1.62. The van der Waals surface area contributed by atoms with E-state index in [0.29, 0.717) is 12.5 Å². The molecule has 0 aromatic carbocycles. The summed E-state index contributed by atoms with van der Waals surface area (Å²) in [6.07, 6.45) is 0.633. The standard InChI is InChI=1S/C10H21N3O/c1-4-12(2)10(14)7-9-8-11-5-6-13(9)3/h9,11H,4-8H2,1-3H3. The largest absolute Gasteiger partial charge is 0.346 e. The number of nitrogens with one attached hydrogen (secondary N) is 1. The van der Waals surface area contributed by atoms with E-state index in [1.165, 1.54) is 0 Å². The molecular weight excluding hydrogens is 178 g/mol.